The molecule has 0 saturated carbocycles. The molecule has 0 fully saturated rings. The molecule has 4 rings (SSSR count). The largest absolute Gasteiger partial charge is 0.372 e. The second kappa shape index (κ2) is 8.03. The third-order valence-corrected chi connectivity index (χ3v) is 5.46. The summed E-state index contributed by atoms with van der Waals surface area (Å²) in [4.78, 5) is 15.5. The monoisotopic (exact) mass is 366 g/mol. The van der Waals surface area contributed by atoms with Crippen molar-refractivity contribution in [2.24, 2.45) is 0 Å². The summed E-state index contributed by atoms with van der Waals surface area (Å²) in [5.41, 5.74) is 6.23. The van der Waals surface area contributed by atoms with Crippen molar-refractivity contribution in [3.63, 3.8) is 0 Å². The molecule has 0 amide bonds. The van der Waals surface area contributed by atoms with Gasteiger partial charge in [0.15, 0.2) is 0 Å². The topological polar surface area (TPSA) is 51.1 Å². The Bertz CT molecular complexity index is 865. The first kappa shape index (κ1) is 17.3. The molecule has 134 valence electrons. The van der Waals surface area contributed by atoms with Gasteiger partial charge < -0.3 is 4.74 Å². The molecule has 4 heterocycles. The van der Waals surface area contributed by atoms with Crippen LogP contribution in [0.4, 0.5) is 0 Å². The lowest BCUT2D eigenvalue weighted by Gasteiger charge is -2.29. The minimum absolute atomic E-state index is 0.599. The van der Waals surface area contributed by atoms with Gasteiger partial charge in [0.2, 0.25) is 0 Å². The van der Waals surface area contributed by atoms with Gasteiger partial charge in [-0.15, -0.1) is 11.3 Å². The Morgan fingerprint density at radius 3 is 2.85 bits per heavy atom. The quantitative estimate of drug-likeness (QED) is 0.668. The first-order valence-electron chi connectivity index (χ1n) is 8.82. The second-order valence-corrected chi connectivity index (χ2v) is 7.67. The molecule has 3 aromatic heterocycles. The van der Waals surface area contributed by atoms with E-state index in [4.69, 9.17) is 4.74 Å². The molecule has 6 heteroatoms. The van der Waals surface area contributed by atoms with Gasteiger partial charge in [0.1, 0.15) is 0 Å². The number of rotatable bonds is 6. The predicted molar refractivity (Wildman–Crippen MR) is 102 cm³/mol. The third-order valence-electron chi connectivity index (χ3n) is 4.64. The second-order valence-electron chi connectivity index (χ2n) is 6.60. The van der Waals surface area contributed by atoms with Gasteiger partial charge >= 0.3 is 0 Å². The lowest BCUT2D eigenvalue weighted by atomic mass is 9.97. The maximum Gasteiger partial charge on any atom is 0.0897 e. The van der Waals surface area contributed by atoms with Crippen LogP contribution < -0.4 is 0 Å². The molecule has 0 spiro atoms. The number of nitrogens with zero attached hydrogens (tertiary/aromatic N) is 4. The Labute approximate surface area is 157 Å². The molecule has 0 N–H and O–H groups in total. The Hall–Kier alpha value is -2.15. The van der Waals surface area contributed by atoms with Crippen molar-refractivity contribution in [2.75, 3.05) is 6.54 Å². The van der Waals surface area contributed by atoms with E-state index in [0.29, 0.717) is 13.2 Å². The smallest absolute Gasteiger partial charge is 0.0897 e. The number of aromatic nitrogens is 3. The van der Waals surface area contributed by atoms with Crippen LogP contribution >= 0.6 is 11.3 Å². The Kier molecular flexibility index (Phi) is 5.34. The maximum absolute atomic E-state index is 5.91. The molecule has 0 aromatic carbocycles. The van der Waals surface area contributed by atoms with E-state index in [2.05, 4.69) is 32.2 Å². The molecule has 0 aliphatic carbocycles. The zero-order valence-corrected chi connectivity index (χ0v) is 15.7. The molecule has 0 bridgehead atoms. The van der Waals surface area contributed by atoms with Crippen LogP contribution in [0.5, 0.6) is 0 Å². The van der Waals surface area contributed by atoms with E-state index < -0.39 is 0 Å². The van der Waals surface area contributed by atoms with Crippen molar-refractivity contribution in [1.82, 2.24) is 19.9 Å². The lowest BCUT2D eigenvalue weighted by Crippen LogP contribution is -2.31. The van der Waals surface area contributed by atoms with E-state index in [9.17, 15) is 0 Å². The van der Waals surface area contributed by atoms with Gasteiger partial charge in [-0.05, 0) is 47.7 Å². The molecular weight excluding hydrogens is 344 g/mol. The molecule has 26 heavy (non-hydrogen) atoms. The van der Waals surface area contributed by atoms with Crippen LogP contribution in [0.2, 0.25) is 0 Å². The van der Waals surface area contributed by atoms with E-state index >= 15 is 0 Å². The highest BCUT2D eigenvalue weighted by molar-refractivity contribution is 7.09. The molecule has 5 nitrogen and oxygen atoms in total. The normalized spacial score (nSPS) is 14.3. The maximum atomic E-state index is 5.91. The average Bonchev–Trinajstić information content (AvgIpc) is 3.07. The first-order chi connectivity index (χ1) is 12.8. The van der Waals surface area contributed by atoms with Crippen LogP contribution in [0, 0.1) is 6.92 Å². The van der Waals surface area contributed by atoms with Crippen LogP contribution in [-0.2, 0) is 37.5 Å². The van der Waals surface area contributed by atoms with E-state index in [1.54, 1.807) is 23.7 Å². The highest BCUT2D eigenvalue weighted by atomic mass is 32.1. The standard InChI is InChI=1S/C20H22N4OS/c1-15-23-19(14-26-15)11-24-7-4-20-17(10-24)8-22-9-18(20)13-25-12-16-2-5-21-6-3-16/h2-3,5-6,8-9,14H,4,7,10-13H2,1H3. The molecule has 0 saturated heterocycles. The average molecular weight is 366 g/mol. The minimum atomic E-state index is 0.599. The van der Waals surface area contributed by atoms with Crippen LogP contribution in [-0.4, -0.2) is 26.4 Å². The summed E-state index contributed by atoms with van der Waals surface area (Å²) in [7, 11) is 0. The van der Waals surface area contributed by atoms with E-state index in [1.807, 2.05) is 24.5 Å². The van der Waals surface area contributed by atoms with Crippen molar-refractivity contribution < 1.29 is 4.74 Å². The Morgan fingerprint density at radius 1 is 1.15 bits per heavy atom. The molecule has 0 radical (unpaired) electrons. The van der Waals surface area contributed by atoms with Crippen molar-refractivity contribution >= 4 is 11.3 Å². The van der Waals surface area contributed by atoms with Gasteiger partial charge in [0.25, 0.3) is 0 Å². The molecule has 0 atom stereocenters. The summed E-state index contributed by atoms with van der Waals surface area (Å²) in [5.74, 6) is 0. The van der Waals surface area contributed by atoms with Crippen molar-refractivity contribution in [2.45, 2.75) is 39.6 Å². The number of fused-ring (bicyclic) bond motifs is 1. The Balaban J connectivity index is 1.38. The summed E-state index contributed by atoms with van der Waals surface area (Å²) in [5, 5.41) is 3.29. The van der Waals surface area contributed by atoms with Gasteiger partial charge in [-0.1, -0.05) is 0 Å². The number of aryl methyl sites for hydroxylation is 1. The minimum Gasteiger partial charge on any atom is -0.372 e. The summed E-state index contributed by atoms with van der Waals surface area (Å²) < 4.78 is 5.91. The van der Waals surface area contributed by atoms with Crippen molar-refractivity contribution in [3.05, 3.63) is 75.3 Å². The fourth-order valence-electron chi connectivity index (χ4n) is 3.35. The van der Waals surface area contributed by atoms with Gasteiger partial charge in [0, 0.05) is 49.8 Å². The summed E-state index contributed by atoms with van der Waals surface area (Å²) in [6.45, 7) is 6.14. The summed E-state index contributed by atoms with van der Waals surface area (Å²) >= 11 is 1.72. The molecule has 1 aliphatic rings. The van der Waals surface area contributed by atoms with Crippen LogP contribution in [0.15, 0.2) is 42.3 Å². The van der Waals surface area contributed by atoms with Gasteiger partial charge in [-0.25, -0.2) is 4.98 Å². The van der Waals surface area contributed by atoms with E-state index in [0.717, 1.165) is 36.6 Å². The van der Waals surface area contributed by atoms with E-state index in [1.165, 1.54) is 22.4 Å². The van der Waals surface area contributed by atoms with Gasteiger partial charge in [0.05, 0.1) is 23.9 Å². The fourth-order valence-corrected chi connectivity index (χ4v) is 3.96. The number of thiazole rings is 1. The van der Waals surface area contributed by atoms with Gasteiger partial charge in [-0.3, -0.25) is 14.9 Å². The number of hydrogen-bond donors (Lipinski definition) is 0. The van der Waals surface area contributed by atoms with Gasteiger partial charge in [-0.2, -0.15) is 0 Å². The molecule has 3 aromatic rings. The Morgan fingerprint density at radius 2 is 2.04 bits per heavy atom. The lowest BCUT2D eigenvalue weighted by molar-refractivity contribution is 0.105. The molecular formula is C20H22N4OS. The zero-order valence-electron chi connectivity index (χ0n) is 14.9. The number of hydrogen-bond acceptors (Lipinski definition) is 6. The van der Waals surface area contributed by atoms with Crippen molar-refractivity contribution in [3.8, 4) is 0 Å². The number of pyridine rings is 2. The van der Waals surface area contributed by atoms with Crippen LogP contribution in [0.3, 0.4) is 0 Å². The van der Waals surface area contributed by atoms with Crippen LogP contribution in [0.1, 0.15) is 33.0 Å². The highest BCUT2D eigenvalue weighted by Crippen LogP contribution is 2.24. The predicted octanol–water partition coefficient (Wildman–Crippen LogP) is 3.52. The molecule has 0 unspecified atom stereocenters. The SMILES string of the molecule is Cc1nc(CN2CCc3c(COCc4ccncc4)cncc3C2)cs1. The number of ether oxygens (including phenoxy) is 1. The fraction of sp³-hybridized carbons (Fsp3) is 0.350. The third kappa shape index (κ3) is 4.15. The summed E-state index contributed by atoms with van der Waals surface area (Å²) in [6.07, 6.45) is 8.58. The van der Waals surface area contributed by atoms with Crippen LogP contribution in [0.25, 0.3) is 0 Å². The molecule has 1 aliphatic heterocycles. The highest BCUT2D eigenvalue weighted by Gasteiger charge is 2.20. The summed E-state index contributed by atoms with van der Waals surface area (Å²) in [6, 6.07) is 3.97. The van der Waals surface area contributed by atoms with E-state index in [-0.39, 0.29) is 0 Å². The van der Waals surface area contributed by atoms with Crippen molar-refractivity contribution in [1.29, 1.82) is 0 Å². The first-order valence-corrected chi connectivity index (χ1v) is 9.70. The zero-order chi connectivity index (χ0) is 17.8.